The van der Waals surface area contributed by atoms with Gasteiger partial charge in [0.15, 0.2) is 0 Å². The number of piperidine rings is 1. The van der Waals surface area contributed by atoms with Gasteiger partial charge in [0.1, 0.15) is 0 Å². The summed E-state index contributed by atoms with van der Waals surface area (Å²) >= 11 is 3.54. The predicted octanol–water partition coefficient (Wildman–Crippen LogP) is 4.91. The molecule has 1 nitrogen and oxygen atoms in total. The van der Waals surface area contributed by atoms with Gasteiger partial charge < -0.3 is 4.90 Å². The Morgan fingerprint density at radius 1 is 1.28 bits per heavy atom. The molecule has 0 radical (unpaired) electrons. The van der Waals surface area contributed by atoms with Gasteiger partial charge in [-0.05, 0) is 48.9 Å². The lowest BCUT2D eigenvalue weighted by Crippen LogP contribution is -2.33. The van der Waals surface area contributed by atoms with E-state index in [0.717, 1.165) is 11.2 Å². The summed E-state index contributed by atoms with van der Waals surface area (Å²) in [4.78, 5) is 2.55. The first-order chi connectivity index (χ1) is 8.74. The Kier molecular flexibility index (Phi) is 5.11. The Labute approximate surface area is 120 Å². The number of rotatable bonds is 4. The highest BCUT2D eigenvalue weighted by Crippen LogP contribution is 2.27. The fourth-order valence-corrected chi connectivity index (χ4v) is 3.54. The Morgan fingerprint density at radius 2 is 2.00 bits per heavy atom. The Bertz CT molecular complexity index is 381. The second-order valence-corrected chi connectivity index (χ2v) is 6.02. The van der Waals surface area contributed by atoms with E-state index >= 15 is 0 Å². The van der Waals surface area contributed by atoms with Crippen molar-refractivity contribution < 1.29 is 0 Å². The van der Waals surface area contributed by atoms with Gasteiger partial charge in [0.25, 0.3) is 0 Å². The summed E-state index contributed by atoms with van der Waals surface area (Å²) in [6, 6.07) is 6.89. The molecule has 0 amide bonds. The third-order valence-electron chi connectivity index (χ3n) is 4.15. The summed E-state index contributed by atoms with van der Waals surface area (Å²) in [6.45, 7) is 6.98. The van der Waals surface area contributed by atoms with Crippen LogP contribution >= 0.6 is 15.9 Å². The minimum Gasteiger partial charge on any atom is -0.372 e. The second-order valence-electron chi connectivity index (χ2n) is 5.46. The highest BCUT2D eigenvalue weighted by molar-refractivity contribution is 9.08. The molecule has 1 fully saturated rings. The van der Waals surface area contributed by atoms with E-state index in [1.165, 1.54) is 55.6 Å². The molecule has 1 heterocycles. The average molecular weight is 310 g/mol. The van der Waals surface area contributed by atoms with Crippen LogP contribution < -0.4 is 4.90 Å². The van der Waals surface area contributed by atoms with Crippen molar-refractivity contribution in [3.8, 4) is 0 Å². The van der Waals surface area contributed by atoms with Crippen LogP contribution in [0, 0.1) is 12.8 Å². The predicted molar refractivity (Wildman–Crippen MR) is 83.7 cm³/mol. The van der Waals surface area contributed by atoms with Gasteiger partial charge in [-0.1, -0.05) is 41.8 Å². The summed E-state index contributed by atoms with van der Waals surface area (Å²) in [5, 5.41) is 0.956. The number of hydrogen-bond acceptors (Lipinski definition) is 1. The van der Waals surface area contributed by atoms with Crippen LogP contribution in [0.5, 0.6) is 0 Å². The van der Waals surface area contributed by atoms with E-state index in [0.29, 0.717) is 0 Å². The van der Waals surface area contributed by atoms with Gasteiger partial charge in [0, 0.05) is 24.1 Å². The first-order valence-electron chi connectivity index (χ1n) is 7.15. The summed E-state index contributed by atoms with van der Waals surface area (Å²) < 4.78 is 0. The molecule has 0 saturated carbocycles. The van der Waals surface area contributed by atoms with Crippen LogP contribution in [0.2, 0.25) is 0 Å². The quantitative estimate of drug-likeness (QED) is 0.715. The molecule has 2 rings (SSSR count). The topological polar surface area (TPSA) is 3.24 Å². The zero-order chi connectivity index (χ0) is 13.0. The monoisotopic (exact) mass is 309 g/mol. The summed E-state index contributed by atoms with van der Waals surface area (Å²) in [7, 11) is 0. The van der Waals surface area contributed by atoms with Gasteiger partial charge in [-0.2, -0.15) is 0 Å². The van der Waals surface area contributed by atoms with E-state index in [4.69, 9.17) is 0 Å². The van der Waals surface area contributed by atoms with Crippen molar-refractivity contribution >= 4 is 21.6 Å². The molecule has 0 aromatic heterocycles. The zero-order valence-corrected chi connectivity index (χ0v) is 13.2. The highest BCUT2D eigenvalue weighted by atomic mass is 79.9. The summed E-state index contributed by atoms with van der Waals surface area (Å²) in [6.07, 6.45) is 5.49. The first kappa shape index (κ1) is 13.9. The Morgan fingerprint density at radius 3 is 2.56 bits per heavy atom. The Balaban J connectivity index is 1.99. The van der Waals surface area contributed by atoms with Crippen molar-refractivity contribution in [2.45, 2.75) is 44.9 Å². The van der Waals surface area contributed by atoms with Crippen molar-refractivity contribution in [3.63, 3.8) is 0 Å². The lowest BCUT2D eigenvalue weighted by atomic mass is 9.92. The fourth-order valence-electron chi connectivity index (χ4n) is 2.91. The molecule has 0 bridgehead atoms. The molecule has 1 saturated heterocycles. The standard InChI is InChI=1S/C16H24BrN/c1-3-4-14-7-9-18(10-8-14)16-6-5-15(12-17)13(2)11-16/h5-6,11,14H,3-4,7-10,12H2,1-2H3. The van der Waals surface area contributed by atoms with E-state index in [-0.39, 0.29) is 0 Å². The number of benzene rings is 1. The van der Waals surface area contributed by atoms with Crippen LogP contribution in [0.25, 0.3) is 0 Å². The molecule has 1 aromatic rings. The van der Waals surface area contributed by atoms with Gasteiger partial charge in [-0.15, -0.1) is 0 Å². The van der Waals surface area contributed by atoms with E-state index in [1.807, 2.05) is 0 Å². The Hall–Kier alpha value is -0.500. The van der Waals surface area contributed by atoms with Gasteiger partial charge >= 0.3 is 0 Å². The maximum atomic E-state index is 3.54. The number of nitrogens with zero attached hydrogens (tertiary/aromatic N) is 1. The minimum atomic E-state index is 0.956. The van der Waals surface area contributed by atoms with Crippen molar-refractivity contribution in [1.29, 1.82) is 0 Å². The van der Waals surface area contributed by atoms with Gasteiger partial charge in [0.05, 0.1) is 0 Å². The number of alkyl halides is 1. The van der Waals surface area contributed by atoms with Crippen molar-refractivity contribution in [3.05, 3.63) is 29.3 Å². The molecule has 0 aliphatic carbocycles. The maximum Gasteiger partial charge on any atom is 0.0369 e. The van der Waals surface area contributed by atoms with Crippen LogP contribution in [0.3, 0.4) is 0 Å². The molecular formula is C16H24BrN. The van der Waals surface area contributed by atoms with Crippen LogP contribution in [-0.4, -0.2) is 13.1 Å². The molecule has 0 unspecified atom stereocenters. The lowest BCUT2D eigenvalue weighted by molar-refractivity contribution is 0.378. The van der Waals surface area contributed by atoms with E-state index in [1.54, 1.807) is 0 Å². The van der Waals surface area contributed by atoms with Gasteiger partial charge in [0.2, 0.25) is 0 Å². The number of anilines is 1. The maximum absolute atomic E-state index is 3.54. The highest BCUT2D eigenvalue weighted by Gasteiger charge is 2.18. The molecule has 1 aliphatic rings. The van der Waals surface area contributed by atoms with Crippen LogP contribution in [-0.2, 0) is 5.33 Å². The number of halogens is 1. The van der Waals surface area contributed by atoms with Crippen LogP contribution in [0.15, 0.2) is 18.2 Å². The molecule has 18 heavy (non-hydrogen) atoms. The largest absolute Gasteiger partial charge is 0.372 e. The van der Waals surface area contributed by atoms with Gasteiger partial charge in [-0.25, -0.2) is 0 Å². The summed E-state index contributed by atoms with van der Waals surface area (Å²) in [5.74, 6) is 0.967. The molecular weight excluding hydrogens is 286 g/mol. The third kappa shape index (κ3) is 3.28. The van der Waals surface area contributed by atoms with E-state index in [2.05, 4.69) is 52.9 Å². The minimum absolute atomic E-state index is 0.956. The molecule has 100 valence electrons. The first-order valence-corrected chi connectivity index (χ1v) is 8.27. The molecule has 0 atom stereocenters. The fraction of sp³-hybridized carbons (Fsp3) is 0.625. The molecule has 2 heteroatoms. The normalized spacial score (nSPS) is 17.2. The zero-order valence-electron chi connectivity index (χ0n) is 11.6. The summed E-state index contributed by atoms with van der Waals surface area (Å²) in [5.41, 5.74) is 4.21. The van der Waals surface area contributed by atoms with Crippen molar-refractivity contribution in [2.75, 3.05) is 18.0 Å². The van der Waals surface area contributed by atoms with Gasteiger partial charge in [-0.3, -0.25) is 0 Å². The second kappa shape index (κ2) is 6.60. The van der Waals surface area contributed by atoms with E-state index in [9.17, 15) is 0 Å². The third-order valence-corrected chi connectivity index (χ3v) is 4.75. The molecule has 1 aliphatic heterocycles. The van der Waals surface area contributed by atoms with E-state index < -0.39 is 0 Å². The number of hydrogen-bond donors (Lipinski definition) is 0. The lowest BCUT2D eigenvalue weighted by Gasteiger charge is -2.34. The number of aryl methyl sites for hydroxylation is 1. The SMILES string of the molecule is CCCC1CCN(c2ccc(CBr)c(C)c2)CC1. The molecule has 0 spiro atoms. The van der Waals surface area contributed by atoms with Crippen molar-refractivity contribution in [2.24, 2.45) is 5.92 Å². The average Bonchev–Trinajstić information content (AvgIpc) is 2.40. The van der Waals surface area contributed by atoms with Crippen molar-refractivity contribution in [1.82, 2.24) is 0 Å². The van der Waals surface area contributed by atoms with Crippen LogP contribution in [0.1, 0.15) is 43.7 Å². The molecule has 0 N–H and O–H groups in total. The van der Waals surface area contributed by atoms with Crippen LogP contribution in [0.4, 0.5) is 5.69 Å². The molecule has 1 aromatic carbocycles. The smallest absolute Gasteiger partial charge is 0.0369 e.